The molecular weight excluding hydrogens is 314 g/mol. The summed E-state index contributed by atoms with van der Waals surface area (Å²) in [4.78, 5) is 12.4. The summed E-state index contributed by atoms with van der Waals surface area (Å²) in [7, 11) is 3.59. The summed E-state index contributed by atoms with van der Waals surface area (Å²) in [5, 5.41) is 0. The molecule has 0 radical (unpaired) electrons. The van der Waals surface area contributed by atoms with Gasteiger partial charge >= 0.3 is 0 Å². The van der Waals surface area contributed by atoms with Crippen LogP contribution in [0, 0.1) is 6.92 Å². The molecule has 126 valence electrons. The molecule has 4 nitrogen and oxygen atoms in total. The minimum absolute atomic E-state index is 0. The molecule has 0 aliphatic carbocycles. The lowest BCUT2D eigenvalue weighted by atomic mass is 10.1. The van der Waals surface area contributed by atoms with Crippen LogP contribution in [0.5, 0.6) is 5.75 Å². The maximum Gasteiger partial charge on any atom is 0.224 e. The fourth-order valence-corrected chi connectivity index (χ4v) is 2.53. The van der Waals surface area contributed by atoms with E-state index < -0.39 is 0 Å². The van der Waals surface area contributed by atoms with Gasteiger partial charge in [0, 0.05) is 25.9 Å². The molecule has 0 aliphatic heterocycles. The van der Waals surface area contributed by atoms with Crippen molar-refractivity contribution < 1.29 is 9.47 Å². The van der Waals surface area contributed by atoms with E-state index in [4.69, 9.17) is 9.47 Å². The van der Waals surface area contributed by atoms with E-state index in [1.165, 1.54) is 0 Å². The van der Waals surface area contributed by atoms with Crippen molar-refractivity contribution in [2.75, 3.05) is 7.11 Å². The first kappa shape index (κ1) is 19.3. The van der Waals surface area contributed by atoms with Crippen LogP contribution < -0.4 is 10.2 Å². The maximum atomic E-state index is 12.4. The predicted molar refractivity (Wildman–Crippen MR) is 94.5 cm³/mol. The second kappa shape index (κ2) is 8.75. The highest BCUT2D eigenvalue weighted by Crippen LogP contribution is 2.28. The third kappa shape index (κ3) is 4.36. The van der Waals surface area contributed by atoms with E-state index in [1.54, 1.807) is 13.2 Å². The third-order valence-corrected chi connectivity index (χ3v) is 3.87. The van der Waals surface area contributed by atoms with Crippen LogP contribution in [0.2, 0.25) is 0 Å². The molecule has 1 unspecified atom stereocenters. The quantitative estimate of drug-likeness (QED) is 0.805. The van der Waals surface area contributed by atoms with Crippen LogP contribution in [0.1, 0.15) is 36.4 Å². The topological polar surface area (TPSA) is 40.5 Å². The highest BCUT2D eigenvalue weighted by Gasteiger charge is 2.21. The van der Waals surface area contributed by atoms with Gasteiger partial charge in [-0.3, -0.25) is 4.79 Å². The second-order valence-corrected chi connectivity index (χ2v) is 5.33. The fourth-order valence-electron chi connectivity index (χ4n) is 2.53. The number of hydrogen-bond donors (Lipinski definition) is 0. The van der Waals surface area contributed by atoms with Crippen molar-refractivity contribution in [1.82, 2.24) is 4.57 Å². The molecule has 0 spiro atoms. The summed E-state index contributed by atoms with van der Waals surface area (Å²) >= 11 is 0. The van der Waals surface area contributed by atoms with Gasteiger partial charge in [-0.05, 0) is 18.9 Å². The van der Waals surface area contributed by atoms with E-state index in [0.717, 1.165) is 23.4 Å². The molecule has 1 atom stereocenters. The predicted octanol–water partition coefficient (Wildman–Crippen LogP) is 3.79. The molecular formula is C18H24ClNO3. The maximum absolute atomic E-state index is 12.4. The molecule has 2 aromatic rings. The van der Waals surface area contributed by atoms with Gasteiger partial charge in [-0.2, -0.15) is 0 Å². The second-order valence-electron chi connectivity index (χ2n) is 5.33. The molecule has 0 amide bonds. The van der Waals surface area contributed by atoms with Crippen LogP contribution in [0.4, 0.5) is 0 Å². The van der Waals surface area contributed by atoms with Gasteiger partial charge in [0.1, 0.15) is 12.7 Å². The Labute approximate surface area is 143 Å². The van der Waals surface area contributed by atoms with Crippen molar-refractivity contribution >= 4 is 12.4 Å². The Morgan fingerprint density at radius 1 is 1.22 bits per heavy atom. The van der Waals surface area contributed by atoms with Crippen LogP contribution in [0.15, 0.2) is 41.2 Å². The van der Waals surface area contributed by atoms with Crippen LogP contribution in [-0.4, -0.2) is 11.7 Å². The molecule has 1 aromatic heterocycles. The highest BCUT2D eigenvalue weighted by molar-refractivity contribution is 5.85. The van der Waals surface area contributed by atoms with E-state index in [9.17, 15) is 4.79 Å². The smallest absolute Gasteiger partial charge is 0.224 e. The zero-order chi connectivity index (χ0) is 16.1. The Hall–Kier alpha value is -1.78. The largest absolute Gasteiger partial charge is 0.483 e. The first-order chi connectivity index (χ1) is 10.6. The Kier molecular flexibility index (Phi) is 7.33. The normalized spacial score (nSPS) is 11.7. The van der Waals surface area contributed by atoms with Gasteiger partial charge in [-0.15, -0.1) is 12.4 Å². The molecule has 0 saturated carbocycles. The number of rotatable bonds is 6. The molecule has 1 heterocycles. The monoisotopic (exact) mass is 337 g/mol. The first-order valence-corrected chi connectivity index (χ1v) is 7.48. The lowest BCUT2D eigenvalue weighted by Crippen LogP contribution is -2.20. The van der Waals surface area contributed by atoms with Gasteiger partial charge in [0.2, 0.25) is 5.43 Å². The van der Waals surface area contributed by atoms with Crippen LogP contribution in [0.25, 0.3) is 0 Å². The zero-order valence-corrected chi connectivity index (χ0v) is 14.9. The average Bonchev–Trinajstić information content (AvgIpc) is 2.53. The lowest BCUT2D eigenvalue weighted by molar-refractivity contribution is 0.0889. The molecule has 0 saturated heterocycles. The molecule has 5 heteroatoms. The van der Waals surface area contributed by atoms with E-state index in [0.29, 0.717) is 12.4 Å². The molecule has 2 rings (SSSR count). The third-order valence-electron chi connectivity index (χ3n) is 3.87. The molecule has 23 heavy (non-hydrogen) atoms. The van der Waals surface area contributed by atoms with Crippen molar-refractivity contribution in [3.63, 3.8) is 0 Å². The number of ether oxygens (including phenoxy) is 2. The van der Waals surface area contributed by atoms with E-state index >= 15 is 0 Å². The summed E-state index contributed by atoms with van der Waals surface area (Å²) in [6.45, 7) is 4.31. The Balaban J connectivity index is 0.00000264. The van der Waals surface area contributed by atoms with Crippen LogP contribution in [0.3, 0.4) is 0 Å². The van der Waals surface area contributed by atoms with Gasteiger partial charge in [0.05, 0.1) is 5.69 Å². The van der Waals surface area contributed by atoms with Crippen molar-refractivity contribution in [3.8, 4) is 5.75 Å². The fraction of sp³-hybridized carbons (Fsp3) is 0.389. The van der Waals surface area contributed by atoms with Crippen molar-refractivity contribution in [2.45, 2.75) is 33.0 Å². The minimum Gasteiger partial charge on any atom is -0.483 e. The SMILES string of the molecule is CCC(OC)c1c(OCc2ccccc2)c(=O)cc(C)n1C.Cl. The van der Waals surface area contributed by atoms with Crippen molar-refractivity contribution in [2.24, 2.45) is 7.05 Å². The summed E-state index contributed by atoms with van der Waals surface area (Å²) in [6, 6.07) is 11.4. The number of methoxy groups -OCH3 is 1. The molecule has 0 aliphatic rings. The summed E-state index contributed by atoms with van der Waals surface area (Å²) in [5.74, 6) is 0.380. The summed E-state index contributed by atoms with van der Waals surface area (Å²) in [6.07, 6.45) is 0.609. The van der Waals surface area contributed by atoms with Gasteiger partial charge in [-0.1, -0.05) is 37.3 Å². The molecule has 0 fully saturated rings. The lowest BCUT2D eigenvalue weighted by Gasteiger charge is -2.22. The van der Waals surface area contributed by atoms with Gasteiger partial charge in [-0.25, -0.2) is 0 Å². The average molecular weight is 338 g/mol. The van der Waals surface area contributed by atoms with Crippen LogP contribution >= 0.6 is 12.4 Å². The van der Waals surface area contributed by atoms with Crippen molar-refractivity contribution in [1.29, 1.82) is 0 Å². The number of pyridine rings is 1. The van der Waals surface area contributed by atoms with E-state index in [1.807, 2.05) is 55.8 Å². The standard InChI is InChI=1S/C18H23NO3.ClH/c1-5-16(21-4)17-18(15(20)11-13(2)19(17)3)22-12-14-9-7-6-8-10-14;/h6-11,16H,5,12H2,1-4H3;1H. The van der Waals surface area contributed by atoms with Gasteiger partial charge in [0.15, 0.2) is 5.75 Å². The van der Waals surface area contributed by atoms with E-state index in [-0.39, 0.29) is 23.9 Å². The van der Waals surface area contributed by atoms with Gasteiger partial charge < -0.3 is 14.0 Å². The number of halogens is 1. The molecule has 1 aromatic carbocycles. The summed E-state index contributed by atoms with van der Waals surface area (Å²) in [5.41, 5.74) is 2.62. The Morgan fingerprint density at radius 3 is 2.43 bits per heavy atom. The number of nitrogens with zero attached hydrogens (tertiary/aromatic N) is 1. The molecule has 0 N–H and O–H groups in total. The highest BCUT2D eigenvalue weighted by atomic mass is 35.5. The molecule has 0 bridgehead atoms. The zero-order valence-electron chi connectivity index (χ0n) is 14.0. The number of hydrogen-bond acceptors (Lipinski definition) is 3. The summed E-state index contributed by atoms with van der Waals surface area (Å²) < 4.78 is 13.4. The Morgan fingerprint density at radius 2 is 1.87 bits per heavy atom. The number of benzene rings is 1. The van der Waals surface area contributed by atoms with Crippen molar-refractivity contribution in [3.05, 3.63) is 63.6 Å². The van der Waals surface area contributed by atoms with E-state index in [2.05, 4.69) is 0 Å². The van der Waals surface area contributed by atoms with Gasteiger partial charge in [0.25, 0.3) is 0 Å². The van der Waals surface area contributed by atoms with Crippen LogP contribution in [-0.2, 0) is 18.4 Å². The minimum atomic E-state index is -0.164. The first-order valence-electron chi connectivity index (χ1n) is 7.48. The Bertz CT molecular complexity index is 679. The number of aryl methyl sites for hydroxylation is 1. The number of aromatic nitrogens is 1.